The van der Waals surface area contributed by atoms with Crippen LogP contribution in [0.2, 0.25) is 5.02 Å². The Labute approximate surface area is 162 Å². The smallest absolute Gasteiger partial charge is 0.285 e. The molecule has 6 nitrogen and oxygen atoms in total. The van der Waals surface area contributed by atoms with E-state index in [1.165, 1.54) is 12.1 Å². The van der Waals surface area contributed by atoms with E-state index in [2.05, 4.69) is 9.50 Å². The lowest BCUT2D eigenvalue weighted by molar-refractivity contribution is 0.413. The first-order chi connectivity index (χ1) is 12.8. The molecule has 142 valence electrons. The summed E-state index contributed by atoms with van der Waals surface area (Å²) >= 11 is 5.91. The van der Waals surface area contributed by atoms with Gasteiger partial charge in [-0.05, 0) is 42.0 Å². The van der Waals surface area contributed by atoms with Crippen molar-refractivity contribution in [3.8, 4) is 0 Å². The Morgan fingerprint density at radius 2 is 1.78 bits per heavy atom. The quantitative estimate of drug-likeness (QED) is 0.578. The SMILES string of the molecule is CN(C)/C(=N\S(=O)(=O)c1ccc(F)cc1)N1CCC(c2ccc(Cl)cc2)=N1. The highest BCUT2D eigenvalue weighted by molar-refractivity contribution is 7.90. The first-order valence-electron chi connectivity index (χ1n) is 8.15. The highest BCUT2D eigenvalue weighted by Crippen LogP contribution is 2.19. The molecule has 2 aromatic carbocycles. The first-order valence-corrected chi connectivity index (χ1v) is 9.97. The molecule has 0 saturated carbocycles. The molecule has 1 heterocycles. The number of hydrogen-bond donors (Lipinski definition) is 0. The molecule has 0 spiro atoms. The normalized spacial score (nSPS) is 15.0. The van der Waals surface area contributed by atoms with Gasteiger partial charge in [-0.3, -0.25) is 0 Å². The van der Waals surface area contributed by atoms with Crippen LogP contribution in [0.4, 0.5) is 4.39 Å². The lowest BCUT2D eigenvalue weighted by Crippen LogP contribution is -2.36. The molecule has 1 aliphatic heterocycles. The van der Waals surface area contributed by atoms with Crippen LogP contribution < -0.4 is 0 Å². The van der Waals surface area contributed by atoms with Crippen molar-refractivity contribution in [1.29, 1.82) is 0 Å². The minimum absolute atomic E-state index is 0.0793. The maximum Gasteiger partial charge on any atom is 0.285 e. The third-order valence-electron chi connectivity index (χ3n) is 3.92. The van der Waals surface area contributed by atoms with Crippen molar-refractivity contribution >= 4 is 33.3 Å². The minimum atomic E-state index is -4.00. The fraction of sp³-hybridized carbons (Fsp3) is 0.222. The number of nitrogens with zero attached hydrogens (tertiary/aromatic N) is 4. The molecule has 0 aromatic heterocycles. The van der Waals surface area contributed by atoms with Gasteiger partial charge in [-0.2, -0.15) is 13.5 Å². The zero-order chi connectivity index (χ0) is 19.6. The van der Waals surface area contributed by atoms with Crippen LogP contribution in [-0.4, -0.2) is 50.6 Å². The predicted molar refractivity (Wildman–Crippen MR) is 104 cm³/mol. The summed E-state index contributed by atoms with van der Waals surface area (Å²) in [6.45, 7) is 0.494. The van der Waals surface area contributed by atoms with E-state index in [-0.39, 0.29) is 10.9 Å². The van der Waals surface area contributed by atoms with E-state index in [9.17, 15) is 12.8 Å². The van der Waals surface area contributed by atoms with Gasteiger partial charge in [-0.15, -0.1) is 4.40 Å². The molecule has 0 fully saturated rings. The summed E-state index contributed by atoms with van der Waals surface area (Å²) in [5.41, 5.74) is 1.74. The van der Waals surface area contributed by atoms with Crippen molar-refractivity contribution in [1.82, 2.24) is 9.91 Å². The number of guanidine groups is 1. The third kappa shape index (κ3) is 4.45. The van der Waals surface area contributed by atoms with Crippen molar-refractivity contribution in [2.24, 2.45) is 9.50 Å². The summed E-state index contributed by atoms with van der Waals surface area (Å²) in [5, 5.41) is 6.69. The van der Waals surface area contributed by atoms with Crippen molar-refractivity contribution in [2.45, 2.75) is 11.3 Å². The van der Waals surface area contributed by atoms with Gasteiger partial charge in [0.2, 0.25) is 5.96 Å². The summed E-state index contributed by atoms with van der Waals surface area (Å²) < 4.78 is 42.1. The van der Waals surface area contributed by atoms with E-state index in [1.54, 1.807) is 36.1 Å². The Bertz CT molecular complexity index is 987. The molecule has 2 aromatic rings. The molecule has 0 aliphatic carbocycles. The van der Waals surface area contributed by atoms with Gasteiger partial charge in [0, 0.05) is 25.5 Å². The Morgan fingerprint density at radius 1 is 1.15 bits per heavy atom. The van der Waals surface area contributed by atoms with Crippen LogP contribution in [0.25, 0.3) is 0 Å². The fourth-order valence-corrected chi connectivity index (χ4v) is 3.76. The van der Waals surface area contributed by atoms with Gasteiger partial charge in [0.25, 0.3) is 10.0 Å². The largest absolute Gasteiger partial charge is 0.347 e. The topological polar surface area (TPSA) is 65.3 Å². The highest BCUT2D eigenvalue weighted by Gasteiger charge is 2.24. The van der Waals surface area contributed by atoms with Crippen LogP contribution in [0.3, 0.4) is 0 Å². The maximum atomic E-state index is 13.1. The Hall–Kier alpha value is -2.45. The molecule has 0 radical (unpaired) electrons. The second-order valence-corrected chi connectivity index (χ2v) is 8.18. The van der Waals surface area contributed by atoms with Crippen molar-refractivity contribution in [3.63, 3.8) is 0 Å². The van der Waals surface area contributed by atoms with Crippen molar-refractivity contribution in [3.05, 3.63) is 64.9 Å². The van der Waals surface area contributed by atoms with Gasteiger partial charge >= 0.3 is 0 Å². The molecule has 0 unspecified atom stereocenters. The van der Waals surface area contributed by atoms with Gasteiger partial charge in [0.1, 0.15) is 5.82 Å². The summed E-state index contributed by atoms with van der Waals surface area (Å²) in [4.78, 5) is 1.50. The van der Waals surface area contributed by atoms with Crippen molar-refractivity contribution < 1.29 is 12.8 Å². The summed E-state index contributed by atoms with van der Waals surface area (Å²) in [6, 6.07) is 11.8. The molecule has 0 N–H and O–H groups in total. The number of rotatable bonds is 3. The average molecular weight is 409 g/mol. The molecule has 0 atom stereocenters. The number of halogens is 2. The number of hydrazone groups is 1. The highest BCUT2D eigenvalue weighted by atomic mass is 35.5. The van der Waals surface area contributed by atoms with E-state index >= 15 is 0 Å². The average Bonchev–Trinajstić information content (AvgIpc) is 3.10. The molecule has 27 heavy (non-hydrogen) atoms. The molecule has 1 aliphatic rings. The lowest BCUT2D eigenvalue weighted by atomic mass is 10.1. The van der Waals surface area contributed by atoms with E-state index < -0.39 is 15.8 Å². The molecule has 3 rings (SSSR count). The summed E-state index contributed by atoms with van der Waals surface area (Å²) in [7, 11) is -0.617. The van der Waals surface area contributed by atoms with E-state index in [4.69, 9.17) is 11.6 Å². The molecular formula is C18H18ClFN4O2S. The molecular weight excluding hydrogens is 391 g/mol. The van der Waals surface area contributed by atoms with Gasteiger partial charge in [0.05, 0.1) is 17.2 Å². The second kappa shape index (κ2) is 7.66. The van der Waals surface area contributed by atoms with Gasteiger partial charge in [0.15, 0.2) is 0 Å². The van der Waals surface area contributed by atoms with Gasteiger partial charge < -0.3 is 4.90 Å². The maximum absolute atomic E-state index is 13.1. The number of hydrogen-bond acceptors (Lipinski definition) is 3. The van der Waals surface area contributed by atoms with Crippen LogP contribution in [-0.2, 0) is 10.0 Å². The van der Waals surface area contributed by atoms with Crippen LogP contribution in [0, 0.1) is 5.82 Å². The van der Waals surface area contributed by atoms with Crippen LogP contribution in [0.5, 0.6) is 0 Å². The van der Waals surface area contributed by atoms with Gasteiger partial charge in [-0.1, -0.05) is 23.7 Å². The van der Waals surface area contributed by atoms with Crippen LogP contribution in [0.1, 0.15) is 12.0 Å². The van der Waals surface area contributed by atoms with E-state index in [0.717, 1.165) is 23.4 Å². The second-order valence-electron chi connectivity index (χ2n) is 6.14. The minimum Gasteiger partial charge on any atom is -0.347 e. The molecule has 9 heteroatoms. The number of benzene rings is 2. The Balaban J connectivity index is 1.93. The predicted octanol–water partition coefficient (Wildman–Crippen LogP) is 3.20. The van der Waals surface area contributed by atoms with Gasteiger partial charge in [-0.25, -0.2) is 9.40 Å². The standard InChI is InChI=1S/C18H18ClFN4O2S/c1-23(2)18(22-27(25,26)16-9-7-15(20)8-10-16)24-12-11-17(21-24)13-3-5-14(19)6-4-13/h3-10H,11-12H2,1-2H3/b22-18+. The van der Waals surface area contributed by atoms with E-state index in [0.29, 0.717) is 18.0 Å². The number of sulfonamides is 1. The monoisotopic (exact) mass is 408 g/mol. The fourth-order valence-electron chi connectivity index (χ4n) is 2.57. The lowest BCUT2D eigenvalue weighted by Gasteiger charge is -2.22. The van der Waals surface area contributed by atoms with Crippen LogP contribution >= 0.6 is 11.6 Å². The zero-order valence-electron chi connectivity index (χ0n) is 14.8. The Morgan fingerprint density at radius 3 is 2.37 bits per heavy atom. The Kier molecular flexibility index (Phi) is 5.48. The van der Waals surface area contributed by atoms with Crippen LogP contribution in [0.15, 0.2) is 62.9 Å². The molecule has 0 amide bonds. The van der Waals surface area contributed by atoms with E-state index in [1.807, 2.05) is 12.1 Å². The zero-order valence-corrected chi connectivity index (χ0v) is 16.4. The first kappa shape index (κ1) is 19.3. The third-order valence-corrected chi connectivity index (χ3v) is 5.45. The molecule has 0 saturated heterocycles. The molecule has 0 bridgehead atoms. The summed E-state index contributed by atoms with van der Waals surface area (Å²) in [6.07, 6.45) is 0.644. The summed E-state index contributed by atoms with van der Waals surface area (Å²) in [5.74, 6) is -0.328. The van der Waals surface area contributed by atoms with Crippen molar-refractivity contribution in [2.75, 3.05) is 20.6 Å².